The summed E-state index contributed by atoms with van der Waals surface area (Å²) < 4.78 is 5.38. The fourth-order valence-corrected chi connectivity index (χ4v) is 2.54. The highest BCUT2D eigenvalue weighted by molar-refractivity contribution is 6.31. The molecule has 0 aromatic heterocycles. The first kappa shape index (κ1) is 15.8. The second-order valence-electron chi connectivity index (χ2n) is 5.11. The van der Waals surface area contributed by atoms with Gasteiger partial charge in [0.25, 0.3) is 0 Å². The Kier molecular flexibility index (Phi) is 5.62. The molecular weight excluding hydrogens is 284 g/mol. The molecule has 0 amide bonds. The van der Waals surface area contributed by atoms with Crippen molar-refractivity contribution >= 4 is 11.6 Å². The van der Waals surface area contributed by atoms with Gasteiger partial charge in [-0.2, -0.15) is 0 Å². The van der Waals surface area contributed by atoms with Crippen LogP contribution < -0.4 is 10.5 Å². The summed E-state index contributed by atoms with van der Waals surface area (Å²) in [4.78, 5) is 2.22. The third-order valence-electron chi connectivity index (χ3n) is 3.42. The summed E-state index contributed by atoms with van der Waals surface area (Å²) in [5.41, 5.74) is 9.04. The average Bonchev–Trinajstić information content (AvgIpc) is 2.49. The van der Waals surface area contributed by atoms with Crippen molar-refractivity contribution in [1.82, 2.24) is 4.90 Å². The van der Waals surface area contributed by atoms with Crippen molar-refractivity contribution in [2.75, 3.05) is 14.2 Å². The lowest BCUT2D eigenvalue weighted by molar-refractivity contribution is 0.318. The highest BCUT2D eigenvalue weighted by Gasteiger charge is 2.07. The van der Waals surface area contributed by atoms with E-state index in [0.29, 0.717) is 6.54 Å². The van der Waals surface area contributed by atoms with E-state index in [1.807, 2.05) is 30.3 Å². The minimum Gasteiger partial charge on any atom is -0.496 e. The lowest BCUT2D eigenvalue weighted by Crippen LogP contribution is -2.17. The molecule has 0 heterocycles. The highest BCUT2D eigenvalue weighted by atomic mass is 35.5. The summed E-state index contributed by atoms with van der Waals surface area (Å²) in [5.74, 6) is 0.848. The van der Waals surface area contributed by atoms with Gasteiger partial charge < -0.3 is 10.5 Å². The van der Waals surface area contributed by atoms with Gasteiger partial charge in [0.2, 0.25) is 0 Å². The predicted molar refractivity (Wildman–Crippen MR) is 87.5 cm³/mol. The maximum atomic E-state index is 6.20. The van der Waals surface area contributed by atoms with Crippen LogP contribution in [0.5, 0.6) is 5.75 Å². The van der Waals surface area contributed by atoms with Gasteiger partial charge in [-0.25, -0.2) is 0 Å². The molecule has 0 saturated heterocycles. The molecule has 4 heteroatoms. The Bertz CT molecular complexity index is 601. The first-order chi connectivity index (χ1) is 10.1. The molecule has 2 rings (SSSR count). The van der Waals surface area contributed by atoms with Crippen LogP contribution in [0, 0.1) is 0 Å². The Morgan fingerprint density at radius 1 is 1.10 bits per heavy atom. The van der Waals surface area contributed by atoms with Crippen molar-refractivity contribution in [3.8, 4) is 5.75 Å². The molecule has 2 N–H and O–H groups in total. The van der Waals surface area contributed by atoms with Crippen molar-refractivity contribution in [2.24, 2.45) is 5.73 Å². The molecule has 3 nitrogen and oxygen atoms in total. The van der Waals surface area contributed by atoms with Crippen molar-refractivity contribution in [2.45, 2.75) is 19.6 Å². The molecule has 0 aliphatic rings. The molecule has 21 heavy (non-hydrogen) atoms. The molecule has 0 atom stereocenters. The van der Waals surface area contributed by atoms with Gasteiger partial charge in [-0.05, 0) is 30.3 Å². The zero-order valence-corrected chi connectivity index (χ0v) is 13.2. The van der Waals surface area contributed by atoms with Crippen LogP contribution in [0.1, 0.15) is 16.7 Å². The molecule has 0 saturated carbocycles. The molecule has 2 aromatic rings. The Balaban J connectivity index is 2.06. The Morgan fingerprint density at radius 2 is 1.86 bits per heavy atom. The monoisotopic (exact) mass is 304 g/mol. The summed E-state index contributed by atoms with van der Waals surface area (Å²) >= 11 is 6.20. The predicted octanol–water partition coefficient (Wildman–Crippen LogP) is 3.44. The molecule has 112 valence electrons. The molecule has 0 bridgehead atoms. The Labute approximate surface area is 131 Å². The number of methoxy groups -OCH3 is 1. The Hall–Kier alpha value is -1.55. The quantitative estimate of drug-likeness (QED) is 0.888. The van der Waals surface area contributed by atoms with Crippen molar-refractivity contribution in [3.63, 3.8) is 0 Å². The van der Waals surface area contributed by atoms with Crippen LogP contribution in [0.2, 0.25) is 5.02 Å². The van der Waals surface area contributed by atoms with Gasteiger partial charge in [0.05, 0.1) is 7.11 Å². The van der Waals surface area contributed by atoms with E-state index >= 15 is 0 Å². The van der Waals surface area contributed by atoms with Crippen LogP contribution in [-0.4, -0.2) is 19.1 Å². The van der Waals surface area contributed by atoms with Crippen LogP contribution in [0.25, 0.3) is 0 Å². The van der Waals surface area contributed by atoms with E-state index in [1.54, 1.807) is 7.11 Å². The maximum Gasteiger partial charge on any atom is 0.123 e. The summed E-state index contributed by atoms with van der Waals surface area (Å²) in [7, 11) is 3.75. The van der Waals surface area contributed by atoms with Gasteiger partial charge >= 0.3 is 0 Å². The van der Waals surface area contributed by atoms with Crippen molar-refractivity contribution < 1.29 is 4.74 Å². The van der Waals surface area contributed by atoms with Crippen molar-refractivity contribution in [1.29, 1.82) is 0 Å². The minimum atomic E-state index is 0.485. The fraction of sp³-hybridized carbons (Fsp3) is 0.294. The molecule has 0 aliphatic carbocycles. The van der Waals surface area contributed by atoms with E-state index in [1.165, 1.54) is 5.56 Å². The SMILES string of the molecule is COc1cc(CN(C)Cc2ccccc2Cl)ccc1CN. The summed E-state index contributed by atoms with van der Waals surface area (Å²) in [6.07, 6.45) is 0. The fourth-order valence-electron chi connectivity index (χ4n) is 2.34. The number of hydrogen-bond acceptors (Lipinski definition) is 3. The average molecular weight is 305 g/mol. The normalized spacial score (nSPS) is 10.9. The van der Waals surface area contributed by atoms with E-state index in [0.717, 1.165) is 35.0 Å². The zero-order chi connectivity index (χ0) is 15.2. The summed E-state index contributed by atoms with van der Waals surface area (Å²) in [6, 6.07) is 14.1. The number of nitrogens with zero attached hydrogens (tertiary/aromatic N) is 1. The summed E-state index contributed by atoms with van der Waals surface area (Å²) in [6.45, 7) is 2.12. The number of halogens is 1. The molecule has 0 spiro atoms. The number of benzene rings is 2. The van der Waals surface area contributed by atoms with Gasteiger partial charge in [-0.3, -0.25) is 4.90 Å². The van der Waals surface area contributed by atoms with E-state index in [4.69, 9.17) is 22.1 Å². The lowest BCUT2D eigenvalue weighted by Gasteiger charge is -2.18. The van der Waals surface area contributed by atoms with Crippen molar-refractivity contribution in [3.05, 3.63) is 64.2 Å². The third kappa shape index (κ3) is 4.21. The van der Waals surface area contributed by atoms with Crippen LogP contribution >= 0.6 is 11.6 Å². The minimum absolute atomic E-state index is 0.485. The molecule has 0 unspecified atom stereocenters. The molecular formula is C17H21ClN2O. The zero-order valence-electron chi connectivity index (χ0n) is 12.5. The molecule has 2 aromatic carbocycles. The number of rotatable bonds is 6. The van der Waals surface area contributed by atoms with Gasteiger partial charge in [-0.15, -0.1) is 0 Å². The van der Waals surface area contributed by atoms with Gasteiger partial charge in [0, 0.05) is 30.2 Å². The second-order valence-corrected chi connectivity index (χ2v) is 5.52. The smallest absolute Gasteiger partial charge is 0.123 e. The lowest BCUT2D eigenvalue weighted by atomic mass is 10.1. The molecule has 0 radical (unpaired) electrons. The standard InChI is InChI=1S/C17H21ClN2O/c1-20(12-15-5-3-4-6-16(15)18)11-13-7-8-14(10-19)17(9-13)21-2/h3-9H,10-12,19H2,1-2H3. The number of hydrogen-bond donors (Lipinski definition) is 1. The van der Waals surface area contributed by atoms with E-state index < -0.39 is 0 Å². The van der Waals surface area contributed by atoms with Gasteiger partial charge in [-0.1, -0.05) is 41.9 Å². The van der Waals surface area contributed by atoms with E-state index in [2.05, 4.69) is 24.1 Å². The third-order valence-corrected chi connectivity index (χ3v) is 3.79. The van der Waals surface area contributed by atoms with E-state index in [9.17, 15) is 0 Å². The van der Waals surface area contributed by atoms with Crippen LogP contribution in [0.3, 0.4) is 0 Å². The topological polar surface area (TPSA) is 38.5 Å². The van der Waals surface area contributed by atoms with Gasteiger partial charge in [0.15, 0.2) is 0 Å². The molecule has 0 aliphatic heterocycles. The first-order valence-electron chi connectivity index (χ1n) is 6.92. The number of ether oxygens (including phenoxy) is 1. The molecule has 0 fully saturated rings. The Morgan fingerprint density at radius 3 is 2.52 bits per heavy atom. The maximum absolute atomic E-state index is 6.20. The van der Waals surface area contributed by atoms with Gasteiger partial charge in [0.1, 0.15) is 5.75 Å². The van der Waals surface area contributed by atoms with Crippen LogP contribution in [0.4, 0.5) is 0 Å². The summed E-state index contributed by atoms with van der Waals surface area (Å²) in [5, 5.41) is 0.806. The second kappa shape index (κ2) is 7.46. The highest BCUT2D eigenvalue weighted by Crippen LogP contribution is 2.22. The largest absolute Gasteiger partial charge is 0.496 e. The first-order valence-corrected chi connectivity index (χ1v) is 7.29. The number of nitrogens with two attached hydrogens (primary N) is 1. The van der Waals surface area contributed by atoms with E-state index in [-0.39, 0.29) is 0 Å². The van der Waals surface area contributed by atoms with Crippen LogP contribution in [-0.2, 0) is 19.6 Å². The van der Waals surface area contributed by atoms with Crippen LogP contribution in [0.15, 0.2) is 42.5 Å².